The number of oxazole rings is 1. The van der Waals surface area contributed by atoms with Gasteiger partial charge in [-0.1, -0.05) is 18.2 Å². The van der Waals surface area contributed by atoms with Gasteiger partial charge in [0.25, 0.3) is 5.91 Å². The number of nitrogens with zero attached hydrogens (tertiary/aromatic N) is 1. The quantitative estimate of drug-likeness (QED) is 0.474. The molecule has 3 aromatic carbocycles. The first-order chi connectivity index (χ1) is 12.6. The third-order valence-corrected chi connectivity index (χ3v) is 4.49. The largest absolute Gasteiger partial charge is 0.436 e. The van der Waals surface area contributed by atoms with Crippen molar-refractivity contribution in [3.63, 3.8) is 0 Å². The Bertz CT molecular complexity index is 1110. The minimum atomic E-state index is -0.489. The van der Waals surface area contributed by atoms with Gasteiger partial charge in [-0.15, -0.1) is 0 Å². The van der Waals surface area contributed by atoms with Gasteiger partial charge >= 0.3 is 0 Å². The fraction of sp³-hybridized carbons (Fsp3) is 0. The van der Waals surface area contributed by atoms with Crippen molar-refractivity contribution in [3.05, 3.63) is 82.6 Å². The highest BCUT2D eigenvalue weighted by Crippen LogP contribution is 2.26. The van der Waals surface area contributed by atoms with Crippen molar-refractivity contribution in [1.29, 1.82) is 0 Å². The predicted octanol–water partition coefficient (Wildman–Crippen LogP) is 5.65. The Morgan fingerprint density at radius 1 is 1.04 bits per heavy atom. The molecule has 0 aliphatic rings. The number of carbonyl (C=O) groups excluding carboxylic acids is 1. The lowest BCUT2D eigenvalue weighted by Gasteiger charge is -2.05. The lowest BCUT2D eigenvalue weighted by Crippen LogP contribution is -2.12. The monoisotopic (exact) mass is 410 g/mol. The van der Waals surface area contributed by atoms with Crippen LogP contribution in [0.1, 0.15) is 10.4 Å². The minimum Gasteiger partial charge on any atom is -0.436 e. The summed E-state index contributed by atoms with van der Waals surface area (Å²) in [5.41, 5.74) is 2.91. The van der Waals surface area contributed by atoms with Gasteiger partial charge in [0, 0.05) is 16.8 Å². The molecule has 1 amide bonds. The van der Waals surface area contributed by atoms with E-state index in [2.05, 4.69) is 26.2 Å². The number of benzene rings is 3. The molecule has 0 aliphatic heterocycles. The SMILES string of the molecule is O=C(Nc1ccc2oc(-c3ccccc3)nc2c1)c1ccc(Br)c(F)c1. The molecule has 1 N–H and O–H groups in total. The van der Waals surface area contributed by atoms with Gasteiger partial charge in [0.05, 0.1) is 4.47 Å². The van der Waals surface area contributed by atoms with Crippen LogP contribution in [0.5, 0.6) is 0 Å². The summed E-state index contributed by atoms with van der Waals surface area (Å²) in [6.45, 7) is 0. The van der Waals surface area contributed by atoms with Crippen LogP contribution in [-0.4, -0.2) is 10.9 Å². The number of fused-ring (bicyclic) bond motifs is 1. The zero-order valence-electron chi connectivity index (χ0n) is 13.4. The van der Waals surface area contributed by atoms with E-state index >= 15 is 0 Å². The first-order valence-electron chi connectivity index (χ1n) is 7.82. The maximum absolute atomic E-state index is 13.6. The molecule has 0 unspecified atom stereocenters. The number of hydrogen-bond donors (Lipinski definition) is 1. The van der Waals surface area contributed by atoms with Crippen molar-refractivity contribution in [3.8, 4) is 11.5 Å². The summed E-state index contributed by atoms with van der Waals surface area (Å²) in [6, 6.07) is 19.0. The van der Waals surface area contributed by atoms with Gasteiger partial charge in [0.1, 0.15) is 11.3 Å². The van der Waals surface area contributed by atoms with E-state index in [1.54, 1.807) is 24.3 Å². The zero-order valence-corrected chi connectivity index (χ0v) is 15.0. The van der Waals surface area contributed by atoms with Crippen molar-refractivity contribution in [2.75, 3.05) is 5.32 Å². The average molecular weight is 411 g/mol. The van der Waals surface area contributed by atoms with E-state index in [-0.39, 0.29) is 5.56 Å². The summed E-state index contributed by atoms with van der Waals surface area (Å²) < 4.78 is 19.7. The van der Waals surface area contributed by atoms with Crippen molar-refractivity contribution < 1.29 is 13.6 Å². The summed E-state index contributed by atoms with van der Waals surface area (Å²) >= 11 is 3.07. The van der Waals surface area contributed by atoms with Gasteiger partial charge in [-0.2, -0.15) is 0 Å². The van der Waals surface area contributed by atoms with Crippen LogP contribution >= 0.6 is 15.9 Å². The van der Waals surface area contributed by atoms with Gasteiger partial charge in [-0.3, -0.25) is 4.79 Å². The Morgan fingerprint density at radius 2 is 1.85 bits per heavy atom. The standard InChI is InChI=1S/C20H12BrFN2O2/c21-15-8-6-13(10-16(15)22)19(25)23-14-7-9-18-17(11-14)24-20(26-18)12-4-2-1-3-5-12/h1-11H,(H,23,25). The van der Waals surface area contributed by atoms with E-state index < -0.39 is 11.7 Å². The first kappa shape index (κ1) is 16.5. The molecule has 6 heteroatoms. The molecule has 4 aromatic rings. The van der Waals surface area contributed by atoms with E-state index in [1.807, 2.05) is 30.3 Å². The molecule has 1 aromatic heterocycles. The zero-order chi connectivity index (χ0) is 18.1. The molecule has 0 aliphatic carbocycles. The van der Waals surface area contributed by atoms with Gasteiger partial charge in [-0.25, -0.2) is 9.37 Å². The number of nitrogens with one attached hydrogen (secondary N) is 1. The molecule has 0 fully saturated rings. The third-order valence-electron chi connectivity index (χ3n) is 3.85. The summed E-state index contributed by atoms with van der Waals surface area (Å²) in [4.78, 5) is 16.8. The Hall–Kier alpha value is -2.99. The first-order valence-corrected chi connectivity index (χ1v) is 8.62. The average Bonchev–Trinajstić information content (AvgIpc) is 3.08. The van der Waals surface area contributed by atoms with Crippen LogP contribution in [0.2, 0.25) is 0 Å². The highest BCUT2D eigenvalue weighted by atomic mass is 79.9. The van der Waals surface area contributed by atoms with E-state index in [0.717, 1.165) is 5.56 Å². The second-order valence-corrected chi connectivity index (χ2v) is 6.50. The summed E-state index contributed by atoms with van der Waals surface area (Å²) in [7, 11) is 0. The lowest BCUT2D eigenvalue weighted by molar-refractivity contribution is 0.102. The number of carbonyl (C=O) groups is 1. The van der Waals surface area contributed by atoms with Crippen LogP contribution in [0.25, 0.3) is 22.6 Å². The molecule has 4 nitrogen and oxygen atoms in total. The number of rotatable bonds is 3. The molecule has 0 saturated carbocycles. The van der Waals surface area contributed by atoms with Gasteiger partial charge in [0.2, 0.25) is 5.89 Å². The number of anilines is 1. The summed E-state index contributed by atoms with van der Waals surface area (Å²) in [6.07, 6.45) is 0. The lowest BCUT2D eigenvalue weighted by atomic mass is 10.2. The molecule has 0 radical (unpaired) electrons. The highest BCUT2D eigenvalue weighted by Gasteiger charge is 2.12. The molecule has 128 valence electrons. The fourth-order valence-corrected chi connectivity index (χ4v) is 2.80. The summed E-state index contributed by atoms with van der Waals surface area (Å²) in [5, 5.41) is 2.74. The van der Waals surface area contributed by atoms with E-state index in [9.17, 15) is 9.18 Å². The normalized spacial score (nSPS) is 10.8. The molecule has 0 spiro atoms. The van der Waals surface area contributed by atoms with Gasteiger partial charge < -0.3 is 9.73 Å². The Kier molecular flexibility index (Phi) is 4.26. The van der Waals surface area contributed by atoms with Crippen LogP contribution < -0.4 is 5.32 Å². The maximum Gasteiger partial charge on any atom is 0.255 e. The molecule has 0 atom stereocenters. The Morgan fingerprint density at radius 3 is 2.62 bits per heavy atom. The Labute approximate surface area is 156 Å². The maximum atomic E-state index is 13.6. The molecule has 4 rings (SSSR count). The Balaban J connectivity index is 1.61. The smallest absolute Gasteiger partial charge is 0.255 e. The highest BCUT2D eigenvalue weighted by molar-refractivity contribution is 9.10. The van der Waals surface area contributed by atoms with Crippen LogP contribution in [0.15, 0.2) is 75.6 Å². The minimum absolute atomic E-state index is 0.232. The molecular formula is C20H12BrFN2O2. The fourth-order valence-electron chi connectivity index (χ4n) is 2.55. The molecule has 26 heavy (non-hydrogen) atoms. The molecular weight excluding hydrogens is 399 g/mol. The van der Waals surface area contributed by atoms with Crippen molar-refractivity contribution in [2.45, 2.75) is 0 Å². The second-order valence-electron chi connectivity index (χ2n) is 5.65. The van der Waals surface area contributed by atoms with Gasteiger partial charge in [0.15, 0.2) is 5.58 Å². The van der Waals surface area contributed by atoms with Crippen LogP contribution in [0.3, 0.4) is 0 Å². The predicted molar refractivity (Wildman–Crippen MR) is 101 cm³/mol. The molecule has 0 saturated heterocycles. The number of hydrogen-bond acceptors (Lipinski definition) is 3. The van der Waals surface area contributed by atoms with E-state index in [0.29, 0.717) is 27.2 Å². The third kappa shape index (κ3) is 3.23. The van der Waals surface area contributed by atoms with E-state index in [4.69, 9.17) is 4.42 Å². The van der Waals surface area contributed by atoms with Gasteiger partial charge in [-0.05, 0) is 64.5 Å². The summed E-state index contributed by atoms with van der Waals surface area (Å²) in [5.74, 6) is -0.376. The number of aromatic nitrogens is 1. The second kappa shape index (κ2) is 6.72. The molecule has 0 bridgehead atoms. The van der Waals surface area contributed by atoms with Crippen molar-refractivity contribution >= 4 is 38.6 Å². The van der Waals surface area contributed by atoms with Crippen LogP contribution in [0, 0.1) is 5.82 Å². The number of halogens is 2. The van der Waals surface area contributed by atoms with Crippen LogP contribution in [-0.2, 0) is 0 Å². The van der Waals surface area contributed by atoms with Crippen LogP contribution in [0.4, 0.5) is 10.1 Å². The van der Waals surface area contributed by atoms with E-state index in [1.165, 1.54) is 12.1 Å². The molecule has 1 heterocycles. The topological polar surface area (TPSA) is 55.1 Å². The number of amides is 1. The van der Waals surface area contributed by atoms with Crippen molar-refractivity contribution in [2.24, 2.45) is 0 Å². The van der Waals surface area contributed by atoms with Crippen molar-refractivity contribution in [1.82, 2.24) is 4.98 Å².